The molecule has 15 heavy (non-hydrogen) atoms. The number of allylic oxidation sites excluding steroid dienone is 1. The van der Waals surface area contributed by atoms with Crippen LogP contribution in [0.2, 0.25) is 0 Å². The van der Waals surface area contributed by atoms with Crippen molar-refractivity contribution in [3.05, 3.63) is 11.6 Å². The molecule has 0 unspecified atom stereocenters. The fraction of sp³-hybridized carbons (Fsp3) is 0.727. The fourth-order valence-corrected chi connectivity index (χ4v) is 1.14. The summed E-state index contributed by atoms with van der Waals surface area (Å²) in [5.74, 6) is -0.900. The molecule has 3 N–H and O–H groups in total. The first-order valence-electron chi connectivity index (χ1n) is 5.42. The van der Waals surface area contributed by atoms with Crippen molar-refractivity contribution in [2.45, 2.75) is 32.6 Å². The Bertz CT molecular complexity index is 202. The van der Waals surface area contributed by atoms with Crippen molar-refractivity contribution in [3.63, 3.8) is 0 Å². The average Bonchev–Trinajstić information content (AvgIpc) is 2.21. The van der Waals surface area contributed by atoms with Gasteiger partial charge in [0.25, 0.3) is 0 Å². The number of carbonyl (C=O) groups is 1. The minimum atomic E-state index is -0.900. The summed E-state index contributed by atoms with van der Waals surface area (Å²) in [4.78, 5) is 10.8. The number of unbranched alkanes of at least 4 members (excludes halogenated alkanes) is 3. The van der Waals surface area contributed by atoms with Crippen LogP contribution in [0, 0.1) is 0 Å². The van der Waals surface area contributed by atoms with Crippen molar-refractivity contribution in [2.75, 3.05) is 19.8 Å². The van der Waals surface area contributed by atoms with Crippen molar-refractivity contribution in [1.29, 1.82) is 0 Å². The van der Waals surface area contributed by atoms with Gasteiger partial charge in [-0.05, 0) is 12.8 Å². The summed E-state index contributed by atoms with van der Waals surface area (Å²) >= 11 is 0. The van der Waals surface area contributed by atoms with Gasteiger partial charge in [-0.3, -0.25) is 0 Å². The average molecular weight is 215 g/mol. The topological polar surface area (TPSA) is 72.5 Å². The van der Waals surface area contributed by atoms with Crippen LogP contribution in [-0.2, 0) is 9.53 Å². The van der Waals surface area contributed by atoms with E-state index in [4.69, 9.17) is 15.6 Å². The predicted molar refractivity (Wildman–Crippen MR) is 59.7 cm³/mol. The Morgan fingerprint density at radius 3 is 2.73 bits per heavy atom. The van der Waals surface area contributed by atoms with Gasteiger partial charge >= 0.3 is 5.97 Å². The number of aliphatic carboxylic acids is 1. The number of ether oxygens (including phenoxy) is 1. The van der Waals surface area contributed by atoms with Crippen molar-refractivity contribution in [2.24, 2.45) is 5.73 Å². The van der Waals surface area contributed by atoms with Gasteiger partial charge in [0, 0.05) is 6.54 Å². The van der Waals surface area contributed by atoms with Crippen molar-refractivity contribution >= 4 is 5.97 Å². The Hall–Kier alpha value is -0.870. The van der Waals surface area contributed by atoms with Gasteiger partial charge in [0.15, 0.2) is 0 Å². The normalized spacial score (nSPS) is 11.7. The van der Waals surface area contributed by atoms with Crippen LogP contribution < -0.4 is 5.73 Å². The second kappa shape index (κ2) is 9.68. The molecule has 0 aromatic heterocycles. The highest BCUT2D eigenvalue weighted by Crippen LogP contribution is 2.04. The van der Waals surface area contributed by atoms with Crippen LogP contribution in [0.15, 0.2) is 11.6 Å². The zero-order valence-corrected chi connectivity index (χ0v) is 9.37. The van der Waals surface area contributed by atoms with Gasteiger partial charge in [-0.2, -0.15) is 0 Å². The second-order valence-corrected chi connectivity index (χ2v) is 3.37. The zero-order valence-electron chi connectivity index (χ0n) is 9.37. The first kappa shape index (κ1) is 14.1. The van der Waals surface area contributed by atoms with E-state index in [1.807, 2.05) is 0 Å². The highest BCUT2D eigenvalue weighted by molar-refractivity contribution is 5.86. The van der Waals surface area contributed by atoms with Crippen LogP contribution in [0.1, 0.15) is 32.6 Å². The third kappa shape index (κ3) is 8.15. The van der Waals surface area contributed by atoms with Gasteiger partial charge in [-0.25, -0.2) is 4.79 Å². The van der Waals surface area contributed by atoms with Gasteiger partial charge in [-0.1, -0.05) is 25.8 Å². The lowest BCUT2D eigenvalue weighted by Crippen LogP contribution is -2.13. The Balaban J connectivity index is 3.85. The maximum atomic E-state index is 10.8. The van der Waals surface area contributed by atoms with E-state index in [2.05, 4.69) is 6.92 Å². The molecule has 4 nitrogen and oxygen atoms in total. The Morgan fingerprint density at radius 2 is 2.20 bits per heavy atom. The first-order valence-corrected chi connectivity index (χ1v) is 5.42. The van der Waals surface area contributed by atoms with E-state index in [0.717, 1.165) is 25.7 Å². The van der Waals surface area contributed by atoms with Gasteiger partial charge in [0.1, 0.15) is 0 Å². The molecule has 0 saturated carbocycles. The lowest BCUT2D eigenvalue weighted by molar-refractivity contribution is -0.133. The molecule has 88 valence electrons. The largest absolute Gasteiger partial charge is 0.478 e. The molecular formula is C11H21NO3. The smallest absolute Gasteiger partial charge is 0.333 e. The Morgan fingerprint density at radius 1 is 1.47 bits per heavy atom. The zero-order chi connectivity index (χ0) is 11.5. The SMILES string of the molecule is CCCCCC=C(COCCN)C(=O)O. The lowest BCUT2D eigenvalue weighted by Gasteiger charge is -2.03. The van der Waals surface area contributed by atoms with Crippen molar-refractivity contribution < 1.29 is 14.6 Å². The number of carboxylic acid groups (broad SMARTS) is 1. The van der Waals surface area contributed by atoms with Crippen molar-refractivity contribution in [1.82, 2.24) is 0 Å². The molecule has 0 rings (SSSR count). The summed E-state index contributed by atoms with van der Waals surface area (Å²) in [5, 5.41) is 8.85. The highest BCUT2D eigenvalue weighted by Gasteiger charge is 2.06. The van der Waals surface area contributed by atoms with Crippen LogP contribution in [0.5, 0.6) is 0 Å². The van der Waals surface area contributed by atoms with Gasteiger partial charge in [0.05, 0.1) is 18.8 Å². The molecule has 0 amide bonds. The quantitative estimate of drug-likeness (QED) is 0.452. The summed E-state index contributed by atoms with van der Waals surface area (Å²) in [6.45, 7) is 3.09. The molecule has 0 spiro atoms. The number of hydrogen-bond donors (Lipinski definition) is 2. The van der Waals surface area contributed by atoms with E-state index in [1.165, 1.54) is 0 Å². The maximum Gasteiger partial charge on any atom is 0.333 e. The molecule has 0 fully saturated rings. The van der Waals surface area contributed by atoms with E-state index >= 15 is 0 Å². The molecule has 0 aromatic rings. The summed E-state index contributed by atoms with van der Waals surface area (Å²) in [7, 11) is 0. The predicted octanol–water partition coefficient (Wildman–Crippen LogP) is 1.55. The minimum Gasteiger partial charge on any atom is -0.478 e. The molecule has 0 aromatic carbocycles. The standard InChI is InChI=1S/C11H21NO3/c1-2-3-4-5-6-10(11(13)14)9-15-8-7-12/h6H,2-5,7-9,12H2,1H3,(H,13,14). The Labute approximate surface area is 91.1 Å². The van der Waals surface area contributed by atoms with E-state index in [9.17, 15) is 4.79 Å². The van der Waals surface area contributed by atoms with Crippen molar-refractivity contribution in [3.8, 4) is 0 Å². The lowest BCUT2D eigenvalue weighted by atomic mass is 10.1. The molecular weight excluding hydrogens is 194 g/mol. The molecule has 0 aliphatic rings. The van der Waals surface area contributed by atoms with E-state index < -0.39 is 5.97 Å². The summed E-state index contributed by atoms with van der Waals surface area (Å²) < 4.78 is 5.09. The minimum absolute atomic E-state index is 0.151. The van der Waals surface area contributed by atoms with Crippen LogP contribution in [0.4, 0.5) is 0 Å². The van der Waals surface area contributed by atoms with Crippen LogP contribution in [-0.4, -0.2) is 30.8 Å². The molecule has 0 aliphatic heterocycles. The maximum absolute atomic E-state index is 10.8. The molecule has 0 aliphatic carbocycles. The van der Waals surface area contributed by atoms with Gasteiger partial charge < -0.3 is 15.6 Å². The number of nitrogens with two attached hydrogens (primary N) is 1. The third-order valence-corrected chi connectivity index (χ3v) is 1.99. The van der Waals surface area contributed by atoms with E-state index in [1.54, 1.807) is 6.08 Å². The van der Waals surface area contributed by atoms with E-state index in [-0.39, 0.29) is 6.61 Å². The summed E-state index contributed by atoms with van der Waals surface area (Å²) in [6, 6.07) is 0. The molecule has 0 saturated heterocycles. The summed E-state index contributed by atoms with van der Waals surface area (Å²) in [5.41, 5.74) is 5.57. The highest BCUT2D eigenvalue weighted by atomic mass is 16.5. The number of rotatable bonds is 9. The van der Waals surface area contributed by atoms with Crippen LogP contribution >= 0.6 is 0 Å². The molecule has 0 heterocycles. The first-order chi connectivity index (χ1) is 7.22. The summed E-state index contributed by atoms with van der Waals surface area (Å²) in [6.07, 6.45) is 5.85. The van der Waals surface area contributed by atoms with Gasteiger partial charge in [-0.15, -0.1) is 0 Å². The van der Waals surface area contributed by atoms with Gasteiger partial charge in [0.2, 0.25) is 0 Å². The van der Waals surface area contributed by atoms with Crippen LogP contribution in [0.3, 0.4) is 0 Å². The number of hydrogen-bond acceptors (Lipinski definition) is 3. The molecule has 0 atom stereocenters. The Kier molecular flexibility index (Phi) is 9.11. The molecule has 0 bridgehead atoms. The fourth-order valence-electron chi connectivity index (χ4n) is 1.14. The second-order valence-electron chi connectivity index (χ2n) is 3.37. The third-order valence-electron chi connectivity index (χ3n) is 1.99. The molecule has 4 heteroatoms. The molecule has 0 radical (unpaired) electrons. The monoisotopic (exact) mass is 215 g/mol. The van der Waals surface area contributed by atoms with Crippen LogP contribution in [0.25, 0.3) is 0 Å². The number of carboxylic acids is 1. The van der Waals surface area contributed by atoms with E-state index in [0.29, 0.717) is 18.7 Å².